The molecule has 4 rings (SSSR count). The molecule has 2 fully saturated rings. The molecule has 0 bridgehead atoms. The van der Waals surface area contributed by atoms with Gasteiger partial charge in [0.15, 0.2) is 0 Å². The molecule has 3 aliphatic rings. The van der Waals surface area contributed by atoms with Gasteiger partial charge in [-0.2, -0.15) is 0 Å². The standard InChI is InChI=1S/C19H24N4O3/c20-9-14-2-1-7-22(14)10-12-3-4-13-11-23(19(26)15(13)8-12)16-5-6-17(24)21-18(16)25/h3-4,8,14,16H,1-2,5-7,9-11,20H2,(H,21,24,25). The minimum absolute atomic E-state index is 0.117. The largest absolute Gasteiger partial charge is 0.329 e. The number of carbonyl (C=O) groups is 3. The summed E-state index contributed by atoms with van der Waals surface area (Å²) in [6, 6.07) is 5.86. The molecule has 7 nitrogen and oxygen atoms in total. The number of hydrogen-bond acceptors (Lipinski definition) is 5. The molecule has 2 saturated heterocycles. The van der Waals surface area contributed by atoms with E-state index in [1.54, 1.807) is 4.90 Å². The summed E-state index contributed by atoms with van der Waals surface area (Å²) in [6.45, 7) is 2.92. The second kappa shape index (κ2) is 6.81. The van der Waals surface area contributed by atoms with E-state index in [1.807, 2.05) is 12.1 Å². The lowest BCUT2D eigenvalue weighted by Gasteiger charge is -2.29. The van der Waals surface area contributed by atoms with Gasteiger partial charge in [0, 0.05) is 37.7 Å². The van der Waals surface area contributed by atoms with Crippen molar-refractivity contribution in [1.82, 2.24) is 15.1 Å². The van der Waals surface area contributed by atoms with Gasteiger partial charge in [0.1, 0.15) is 6.04 Å². The van der Waals surface area contributed by atoms with Crippen LogP contribution < -0.4 is 11.1 Å². The molecule has 3 N–H and O–H groups in total. The third-order valence-electron chi connectivity index (χ3n) is 5.75. The smallest absolute Gasteiger partial charge is 0.255 e. The number of piperidine rings is 1. The quantitative estimate of drug-likeness (QED) is 0.760. The van der Waals surface area contributed by atoms with Gasteiger partial charge in [-0.1, -0.05) is 12.1 Å². The van der Waals surface area contributed by atoms with Crippen LogP contribution in [0.25, 0.3) is 0 Å². The van der Waals surface area contributed by atoms with Crippen LogP contribution in [0.2, 0.25) is 0 Å². The minimum Gasteiger partial charge on any atom is -0.329 e. The first-order chi connectivity index (χ1) is 12.6. The molecule has 0 radical (unpaired) electrons. The van der Waals surface area contributed by atoms with E-state index in [0.29, 0.717) is 31.1 Å². The van der Waals surface area contributed by atoms with Crippen molar-refractivity contribution < 1.29 is 14.4 Å². The van der Waals surface area contributed by atoms with Crippen molar-refractivity contribution in [3.8, 4) is 0 Å². The van der Waals surface area contributed by atoms with Gasteiger partial charge in [-0.3, -0.25) is 24.6 Å². The highest BCUT2D eigenvalue weighted by molar-refractivity contribution is 6.05. The summed E-state index contributed by atoms with van der Waals surface area (Å²) < 4.78 is 0. The number of nitrogens with one attached hydrogen (secondary N) is 1. The molecule has 0 aromatic heterocycles. The first-order valence-corrected chi connectivity index (χ1v) is 9.27. The molecule has 3 amide bonds. The lowest BCUT2D eigenvalue weighted by molar-refractivity contribution is -0.136. The maximum Gasteiger partial charge on any atom is 0.255 e. The van der Waals surface area contributed by atoms with Crippen molar-refractivity contribution in [2.45, 2.75) is 50.9 Å². The first kappa shape index (κ1) is 17.2. The van der Waals surface area contributed by atoms with Crippen molar-refractivity contribution in [2.24, 2.45) is 5.73 Å². The number of amides is 3. The number of likely N-dealkylation sites (tertiary alicyclic amines) is 1. The van der Waals surface area contributed by atoms with Gasteiger partial charge in [0.05, 0.1) is 0 Å². The number of rotatable bonds is 4. The highest BCUT2D eigenvalue weighted by atomic mass is 16.2. The lowest BCUT2D eigenvalue weighted by Crippen LogP contribution is -2.52. The number of benzene rings is 1. The van der Waals surface area contributed by atoms with Crippen LogP contribution in [0.3, 0.4) is 0 Å². The predicted molar refractivity (Wildman–Crippen MR) is 95.0 cm³/mol. The van der Waals surface area contributed by atoms with Crippen LogP contribution >= 0.6 is 0 Å². The number of imide groups is 1. The molecule has 2 unspecified atom stereocenters. The Hall–Kier alpha value is -2.25. The van der Waals surface area contributed by atoms with E-state index < -0.39 is 6.04 Å². The number of nitrogens with two attached hydrogens (primary N) is 1. The van der Waals surface area contributed by atoms with Gasteiger partial charge in [0.2, 0.25) is 11.8 Å². The summed E-state index contributed by atoms with van der Waals surface area (Å²) in [4.78, 5) is 40.3. The zero-order valence-electron chi connectivity index (χ0n) is 14.7. The molecule has 2 atom stereocenters. The van der Waals surface area contributed by atoms with E-state index >= 15 is 0 Å². The van der Waals surface area contributed by atoms with Crippen LogP contribution in [0.5, 0.6) is 0 Å². The van der Waals surface area contributed by atoms with E-state index in [1.165, 1.54) is 0 Å². The molecular weight excluding hydrogens is 332 g/mol. The average molecular weight is 356 g/mol. The predicted octanol–water partition coefficient (Wildman–Crippen LogP) is 0.371. The summed E-state index contributed by atoms with van der Waals surface area (Å²) >= 11 is 0. The van der Waals surface area contributed by atoms with Crippen molar-refractivity contribution in [3.05, 3.63) is 34.9 Å². The molecular formula is C19H24N4O3. The third kappa shape index (κ3) is 3.01. The Morgan fingerprint density at radius 1 is 1.19 bits per heavy atom. The monoisotopic (exact) mass is 356 g/mol. The fourth-order valence-electron chi connectivity index (χ4n) is 4.30. The summed E-state index contributed by atoms with van der Waals surface area (Å²) in [6.07, 6.45) is 2.96. The van der Waals surface area contributed by atoms with Crippen LogP contribution in [0, 0.1) is 0 Å². The highest BCUT2D eigenvalue weighted by Gasteiger charge is 2.39. The Kier molecular flexibility index (Phi) is 4.50. The molecule has 0 aliphatic carbocycles. The van der Waals surface area contributed by atoms with E-state index in [4.69, 9.17) is 5.73 Å². The maximum atomic E-state index is 12.9. The van der Waals surface area contributed by atoms with Gasteiger partial charge in [-0.25, -0.2) is 0 Å². The van der Waals surface area contributed by atoms with Gasteiger partial charge in [0.25, 0.3) is 5.91 Å². The fraction of sp³-hybridized carbons (Fsp3) is 0.526. The van der Waals surface area contributed by atoms with Gasteiger partial charge >= 0.3 is 0 Å². The summed E-state index contributed by atoms with van der Waals surface area (Å²) in [5.74, 6) is -0.753. The van der Waals surface area contributed by atoms with E-state index in [9.17, 15) is 14.4 Å². The lowest BCUT2D eigenvalue weighted by atomic mass is 10.0. The van der Waals surface area contributed by atoms with Crippen LogP contribution in [-0.2, 0) is 22.7 Å². The summed E-state index contributed by atoms with van der Waals surface area (Å²) in [5, 5.41) is 2.33. The number of carbonyl (C=O) groups excluding carboxylic acids is 3. The van der Waals surface area contributed by atoms with Crippen LogP contribution in [-0.4, -0.2) is 52.7 Å². The van der Waals surface area contributed by atoms with Crippen LogP contribution in [0.4, 0.5) is 0 Å². The summed E-state index contributed by atoms with van der Waals surface area (Å²) in [7, 11) is 0. The van der Waals surface area contributed by atoms with Crippen molar-refractivity contribution in [2.75, 3.05) is 13.1 Å². The van der Waals surface area contributed by atoms with Crippen molar-refractivity contribution in [1.29, 1.82) is 0 Å². The number of fused-ring (bicyclic) bond motifs is 1. The van der Waals surface area contributed by atoms with Gasteiger partial charge in [-0.05, 0) is 43.0 Å². The Morgan fingerprint density at radius 2 is 2.04 bits per heavy atom. The fourth-order valence-corrected chi connectivity index (χ4v) is 4.30. The molecule has 26 heavy (non-hydrogen) atoms. The molecule has 1 aromatic carbocycles. The normalized spacial score (nSPS) is 26.3. The molecule has 3 heterocycles. The Balaban J connectivity index is 1.50. The zero-order chi connectivity index (χ0) is 18.3. The third-order valence-corrected chi connectivity index (χ3v) is 5.75. The SMILES string of the molecule is NCC1CCCN1Cc1ccc2c(c1)C(=O)N(C1CCC(=O)NC1=O)C2. The van der Waals surface area contributed by atoms with E-state index in [-0.39, 0.29) is 24.1 Å². The molecule has 0 saturated carbocycles. The average Bonchev–Trinajstić information content (AvgIpc) is 3.20. The molecule has 0 spiro atoms. The van der Waals surface area contributed by atoms with E-state index in [0.717, 1.165) is 37.1 Å². The number of nitrogens with zero attached hydrogens (tertiary/aromatic N) is 2. The Morgan fingerprint density at radius 3 is 2.81 bits per heavy atom. The molecule has 3 aliphatic heterocycles. The topological polar surface area (TPSA) is 95.7 Å². The second-order valence-electron chi connectivity index (χ2n) is 7.39. The van der Waals surface area contributed by atoms with E-state index in [2.05, 4.69) is 16.3 Å². The minimum atomic E-state index is -0.559. The number of hydrogen-bond donors (Lipinski definition) is 2. The molecule has 7 heteroatoms. The summed E-state index contributed by atoms with van der Waals surface area (Å²) in [5.41, 5.74) is 8.57. The zero-order valence-corrected chi connectivity index (χ0v) is 14.7. The Labute approximate surface area is 152 Å². The van der Waals surface area contributed by atoms with Crippen LogP contribution in [0.1, 0.15) is 47.2 Å². The molecule has 138 valence electrons. The maximum absolute atomic E-state index is 12.9. The highest BCUT2D eigenvalue weighted by Crippen LogP contribution is 2.29. The van der Waals surface area contributed by atoms with Crippen molar-refractivity contribution in [3.63, 3.8) is 0 Å². The van der Waals surface area contributed by atoms with Gasteiger partial charge in [-0.15, -0.1) is 0 Å². The Bertz CT molecular complexity index is 763. The molecule has 1 aromatic rings. The van der Waals surface area contributed by atoms with Crippen LogP contribution in [0.15, 0.2) is 18.2 Å². The van der Waals surface area contributed by atoms with Crippen molar-refractivity contribution >= 4 is 17.7 Å². The second-order valence-corrected chi connectivity index (χ2v) is 7.39. The first-order valence-electron chi connectivity index (χ1n) is 9.27. The van der Waals surface area contributed by atoms with Gasteiger partial charge < -0.3 is 10.6 Å².